The first-order valence-corrected chi connectivity index (χ1v) is 9.08. The maximum atomic E-state index is 12.9. The summed E-state index contributed by atoms with van der Waals surface area (Å²) in [7, 11) is -2.72. The number of aromatic nitrogens is 1. The molecule has 0 aliphatic carbocycles. The molecule has 0 aliphatic rings. The van der Waals surface area contributed by atoms with Crippen LogP contribution in [-0.2, 0) is 21.3 Å². The van der Waals surface area contributed by atoms with E-state index in [1.807, 2.05) is 30.3 Å². The molecule has 9 heteroatoms. The zero-order valence-corrected chi connectivity index (χ0v) is 14.1. The number of methoxy groups -OCH3 is 1. The highest BCUT2D eigenvalue weighted by molar-refractivity contribution is 7.91. The fourth-order valence-electron chi connectivity index (χ4n) is 1.98. The molecule has 0 saturated carbocycles. The molecule has 23 heavy (non-hydrogen) atoms. The average Bonchev–Trinajstić information content (AvgIpc) is 3.05. The van der Waals surface area contributed by atoms with Gasteiger partial charge in [-0.25, -0.2) is 18.2 Å². The van der Waals surface area contributed by atoms with Crippen LogP contribution in [0.2, 0.25) is 0 Å². The number of carbonyl (C=O) groups is 1. The lowest BCUT2D eigenvalue weighted by molar-refractivity contribution is 0.0590. The van der Waals surface area contributed by atoms with Gasteiger partial charge in [0.05, 0.1) is 12.6 Å². The molecule has 0 atom stereocenters. The second-order valence-electron chi connectivity index (χ2n) is 4.59. The largest absolute Gasteiger partial charge is 0.464 e. The molecule has 1 heterocycles. The smallest absolute Gasteiger partial charge is 0.358 e. The summed E-state index contributed by atoms with van der Waals surface area (Å²) in [6.07, 6.45) is 0. The zero-order chi connectivity index (χ0) is 16.9. The van der Waals surface area contributed by atoms with Gasteiger partial charge in [-0.2, -0.15) is 4.31 Å². The van der Waals surface area contributed by atoms with Gasteiger partial charge in [-0.15, -0.1) is 11.3 Å². The SMILES string of the molecule is COC(=O)c1ncsc1S(=O)(=O)N(CCN)Cc1ccccc1. The summed E-state index contributed by atoms with van der Waals surface area (Å²) in [6, 6.07) is 9.16. The first kappa shape index (κ1) is 17.5. The zero-order valence-electron chi connectivity index (χ0n) is 12.5. The Labute approximate surface area is 138 Å². The fraction of sp³-hybridized carbons (Fsp3) is 0.286. The number of esters is 1. The van der Waals surface area contributed by atoms with E-state index in [2.05, 4.69) is 9.72 Å². The molecule has 0 aliphatic heterocycles. The Morgan fingerprint density at radius 1 is 1.35 bits per heavy atom. The van der Waals surface area contributed by atoms with Gasteiger partial charge in [0.25, 0.3) is 10.0 Å². The minimum Gasteiger partial charge on any atom is -0.464 e. The van der Waals surface area contributed by atoms with Crippen molar-refractivity contribution in [3.8, 4) is 0 Å². The maximum Gasteiger partial charge on any atom is 0.358 e. The molecule has 1 aromatic carbocycles. The third-order valence-electron chi connectivity index (χ3n) is 3.07. The van der Waals surface area contributed by atoms with Crippen LogP contribution >= 0.6 is 11.3 Å². The molecule has 0 unspecified atom stereocenters. The lowest BCUT2D eigenvalue weighted by atomic mass is 10.2. The molecular formula is C14H17N3O4S2. The summed E-state index contributed by atoms with van der Waals surface area (Å²) in [5, 5.41) is 0. The number of nitrogens with two attached hydrogens (primary N) is 1. The molecule has 7 nitrogen and oxygen atoms in total. The highest BCUT2D eigenvalue weighted by Gasteiger charge is 2.31. The van der Waals surface area contributed by atoms with E-state index in [1.165, 1.54) is 16.9 Å². The van der Waals surface area contributed by atoms with Gasteiger partial charge in [0, 0.05) is 19.6 Å². The average molecular weight is 355 g/mol. The topological polar surface area (TPSA) is 103 Å². The Morgan fingerprint density at radius 3 is 2.65 bits per heavy atom. The quantitative estimate of drug-likeness (QED) is 0.746. The van der Waals surface area contributed by atoms with Gasteiger partial charge in [0.2, 0.25) is 0 Å². The van der Waals surface area contributed by atoms with Crippen molar-refractivity contribution in [3.63, 3.8) is 0 Å². The Morgan fingerprint density at radius 2 is 2.04 bits per heavy atom. The van der Waals surface area contributed by atoms with Crippen molar-refractivity contribution in [1.29, 1.82) is 0 Å². The van der Waals surface area contributed by atoms with Crippen molar-refractivity contribution >= 4 is 27.3 Å². The summed E-state index contributed by atoms with van der Waals surface area (Å²) < 4.78 is 31.4. The molecule has 2 N–H and O–H groups in total. The van der Waals surface area contributed by atoms with Gasteiger partial charge in [0.1, 0.15) is 0 Å². The van der Waals surface area contributed by atoms with Crippen LogP contribution in [-0.4, -0.2) is 43.9 Å². The molecule has 0 radical (unpaired) electrons. The van der Waals surface area contributed by atoms with Crippen LogP contribution in [0.25, 0.3) is 0 Å². The van der Waals surface area contributed by atoms with Gasteiger partial charge in [-0.3, -0.25) is 0 Å². The molecule has 0 bridgehead atoms. The number of hydrogen-bond acceptors (Lipinski definition) is 7. The van der Waals surface area contributed by atoms with Crippen LogP contribution in [0.5, 0.6) is 0 Å². The van der Waals surface area contributed by atoms with Crippen molar-refractivity contribution in [2.24, 2.45) is 5.73 Å². The van der Waals surface area contributed by atoms with Crippen LogP contribution in [0.15, 0.2) is 40.1 Å². The van der Waals surface area contributed by atoms with Crippen molar-refractivity contribution in [1.82, 2.24) is 9.29 Å². The first-order valence-electron chi connectivity index (χ1n) is 6.76. The Hall–Kier alpha value is -1.81. The van der Waals surface area contributed by atoms with E-state index < -0.39 is 16.0 Å². The monoisotopic (exact) mass is 355 g/mol. The van der Waals surface area contributed by atoms with Gasteiger partial charge >= 0.3 is 5.97 Å². The van der Waals surface area contributed by atoms with Crippen molar-refractivity contribution in [2.45, 2.75) is 10.8 Å². The van der Waals surface area contributed by atoms with E-state index in [9.17, 15) is 13.2 Å². The third kappa shape index (κ3) is 3.94. The van der Waals surface area contributed by atoms with Crippen LogP contribution < -0.4 is 5.73 Å². The molecular weight excluding hydrogens is 338 g/mol. The summed E-state index contributed by atoms with van der Waals surface area (Å²) in [5.74, 6) is -0.780. The minimum atomic E-state index is -3.90. The standard InChI is InChI=1S/C14H17N3O4S2/c1-21-13(18)12-14(22-10-16-12)23(19,20)17(8-7-15)9-11-5-3-2-4-6-11/h2-6,10H,7-9,15H2,1H3. The van der Waals surface area contributed by atoms with Gasteiger partial charge < -0.3 is 10.5 Å². The predicted molar refractivity (Wildman–Crippen MR) is 86.5 cm³/mol. The molecule has 2 aromatic rings. The second kappa shape index (κ2) is 7.64. The van der Waals surface area contributed by atoms with Crippen LogP contribution in [0.1, 0.15) is 16.1 Å². The minimum absolute atomic E-state index is 0.131. The number of rotatable bonds is 7. The van der Waals surface area contributed by atoms with Crippen molar-refractivity contribution in [2.75, 3.05) is 20.2 Å². The number of nitrogens with zero attached hydrogens (tertiary/aromatic N) is 2. The highest BCUT2D eigenvalue weighted by atomic mass is 32.2. The van der Waals surface area contributed by atoms with E-state index in [0.29, 0.717) is 0 Å². The molecule has 2 rings (SSSR count). The lowest BCUT2D eigenvalue weighted by Gasteiger charge is -2.21. The number of thiazole rings is 1. The van der Waals surface area contributed by atoms with E-state index in [4.69, 9.17) is 5.73 Å². The van der Waals surface area contributed by atoms with Crippen molar-refractivity contribution < 1.29 is 17.9 Å². The van der Waals surface area contributed by atoms with Gasteiger partial charge in [0.15, 0.2) is 9.90 Å². The number of hydrogen-bond donors (Lipinski definition) is 1. The number of sulfonamides is 1. The van der Waals surface area contributed by atoms with E-state index in [-0.39, 0.29) is 29.5 Å². The second-order valence-corrected chi connectivity index (χ2v) is 7.58. The molecule has 0 amide bonds. The number of carbonyl (C=O) groups excluding carboxylic acids is 1. The Balaban J connectivity index is 2.38. The molecule has 0 spiro atoms. The third-order valence-corrected chi connectivity index (χ3v) is 6.26. The summed E-state index contributed by atoms with van der Waals surface area (Å²) in [4.78, 5) is 15.5. The van der Waals surface area contributed by atoms with Crippen LogP contribution in [0.3, 0.4) is 0 Å². The molecule has 124 valence electrons. The van der Waals surface area contributed by atoms with Crippen LogP contribution in [0.4, 0.5) is 0 Å². The van der Waals surface area contributed by atoms with Crippen LogP contribution in [0, 0.1) is 0 Å². The van der Waals surface area contributed by atoms with Gasteiger partial charge in [-0.05, 0) is 5.56 Å². The molecule has 0 saturated heterocycles. The van der Waals surface area contributed by atoms with Crippen molar-refractivity contribution in [3.05, 3.63) is 47.1 Å². The first-order chi connectivity index (χ1) is 11.0. The van der Waals surface area contributed by atoms with E-state index >= 15 is 0 Å². The molecule has 0 fully saturated rings. The maximum absolute atomic E-state index is 12.9. The van der Waals surface area contributed by atoms with Gasteiger partial charge in [-0.1, -0.05) is 30.3 Å². The highest BCUT2D eigenvalue weighted by Crippen LogP contribution is 2.25. The van der Waals surface area contributed by atoms with E-state index in [1.54, 1.807) is 0 Å². The number of ether oxygens (including phenoxy) is 1. The molecule has 1 aromatic heterocycles. The fourth-order valence-corrected chi connectivity index (χ4v) is 4.70. The summed E-state index contributed by atoms with van der Waals surface area (Å²) in [5.41, 5.74) is 7.48. The predicted octanol–water partition coefficient (Wildman–Crippen LogP) is 1.08. The lowest BCUT2D eigenvalue weighted by Crippen LogP contribution is -2.35. The Bertz CT molecular complexity index is 759. The normalized spacial score (nSPS) is 11.6. The Kier molecular flexibility index (Phi) is 5.83. The summed E-state index contributed by atoms with van der Waals surface area (Å²) >= 11 is 0.883. The summed E-state index contributed by atoms with van der Waals surface area (Å²) in [6.45, 7) is 0.465. The number of benzene rings is 1. The van der Waals surface area contributed by atoms with E-state index in [0.717, 1.165) is 16.9 Å².